The second-order valence-corrected chi connectivity index (χ2v) is 7.09. The normalized spacial score (nSPS) is 15.9. The van der Waals surface area contributed by atoms with Crippen molar-refractivity contribution in [3.8, 4) is 0 Å². The zero-order valence-corrected chi connectivity index (χ0v) is 17.7. The Bertz CT molecular complexity index is 897. The molecule has 2 rings (SSSR count). The Kier molecular flexibility index (Phi) is 9.08. The van der Waals surface area contributed by atoms with Crippen LogP contribution in [0, 0.1) is 5.41 Å². The van der Waals surface area contributed by atoms with Crippen LogP contribution in [0.4, 0.5) is 4.39 Å². The molecular weight excluding hydrogens is 403 g/mol. The molecule has 1 heterocycles. The van der Waals surface area contributed by atoms with E-state index in [1.807, 2.05) is 0 Å². The van der Waals surface area contributed by atoms with Gasteiger partial charge in [0.1, 0.15) is 0 Å². The quantitative estimate of drug-likeness (QED) is 0.435. The molecule has 0 unspecified atom stereocenters. The van der Waals surface area contributed by atoms with Gasteiger partial charge in [0.15, 0.2) is 6.29 Å². The summed E-state index contributed by atoms with van der Waals surface area (Å²) >= 11 is 0. The highest BCUT2D eigenvalue weighted by atomic mass is 19.1. The topological polar surface area (TPSA) is 103 Å². The first kappa shape index (κ1) is 23.9. The molecule has 166 valence electrons. The van der Waals surface area contributed by atoms with E-state index in [2.05, 4.69) is 5.32 Å². The zero-order valence-electron chi connectivity index (χ0n) is 17.7. The summed E-state index contributed by atoms with van der Waals surface area (Å²) in [5, 5.41) is 10.9. The van der Waals surface area contributed by atoms with Gasteiger partial charge in [-0.2, -0.15) is 0 Å². The third kappa shape index (κ3) is 6.32. The minimum absolute atomic E-state index is 0.00987. The Morgan fingerprint density at radius 2 is 2.13 bits per heavy atom. The molecule has 9 heteroatoms. The number of halogens is 1. The van der Waals surface area contributed by atoms with Crippen LogP contribution in [0.5, 0.6) is 0 Å². The van der Waals surface area contributed by atoms with Gasteiger partial charge in [-0.3, -0.25) is 14.4 Å². The number of piperidine rings is 1. The van der Waals surface area contributed by atoms with Gasteiger partial charge in [-0.1, -0.05) is 18.2 Å². The van der Waals surface area contributed by atoms with Crippen LogP contribution < -0.4 is 5.32 Å². The van der Waals surface area contributed by atoms with E-state index in [4.69, 9.17) is 10.1 Å². The van der Waals surface area contributed by atoms with Crippen LogP contribution in [-0.4, -0.2) is 80.6 Å². The summed E-state index contributed by atoms with van der Waals surface area (Å²) in [6.45, 7) is 1.34. The summed E-state index contributed by atoms with van der Waals surface area (Å²) < 4.78 is 18.4. The molecule has 8 nitrogen and oxygen atoms in total. The van der Waals surface area contributed by atoms with E-state index in [9.17, 15) is 18.8 Å². The number of hydrogen-bond donors (Lipinski definition) is 2. The lowest BCUT2D eigenvalue weighted by molar-refractivity contribution is -0.127. The molecule has 0 bridgehead atoms. The predicted molar refractivity (Wildman–Crippen MR) is 115 cm³/mol. The van der Waals surface area contributed by atoms with Gasteiger partial charge in [0.05, 0.1) is 24.1 Å². The second kappa shape index (κ2) is 11.8. The van der Waals surface area contributed by atoms with Gasteiger partial charge in [0.2, 0.25) is 0 Å². The van der Waals surface area contributed by atoms with Crippen LogP contribution in [0.3, 0.4) is 0 Å². The van der Waals surface area contributed by atoms with E-state index in [0.717, 1.165) is 0 Å². The Labute approximate surface area is 180 Å². The summed E-state index contributed by atoms with van der Waals surface area (Å²) in [5.74, 6) is -0.678. The molecule has 0 spiro atoms. The smallest absolute Gasteiger partial charge is 0.257 e. The van der Waals surface area contributed by atoms with Crippen LogP contribution in [0.15, 0.2) is 47.9 Å². The number of likely N-dealkylation sites (tertiary alicyclic amines) is 1. The van der Waals surface area contributed by atoms with Crippen LogP contribution >= 0.6 is 0 Å². The lowest BCUT2D eigenvalue weighted by atomic mass is 10.0. The fourth-order valence-electron chi connectivity index (χ4n) is 3.14. The van der Waals surface area contributed by atoms with Crippen molar-refractivity contribution in [2.24, 2.45) is 0 Å². The third-order valence-electron chi connectivity index (χ3n) is 4.87. The minimum Gasteiger partial charge on any atom is -0.386 e. The molecule has 0 aliphatic carbocycles. The van der Waals surface area contributed by atoms with Crippen molar-refractivity contribution in [3.05, 3.63) is 59.1 Å². The number of nitrogens with one attached hydrogen (secondary N) is 2. The molecular formula is C22H27FN4O4. The van der Waals surface area contributed by atoms with Gasteiger partial charge in [0, 0.05) is 64.2 Å². The number of benzene rings is 1. The number of rotatable bonds is 10. The number of aldehydes is 1. The molecule has 2 amide bonds. The Hall–Kier alpha value is -3.33. The molecule has 0 aromatic heterocycles. The number of hydrogen-bond acceptors (Lipinski definition) is 6. The molecule has 0 radical (unpaired) electrons. The molecule has 2 N–H and O–H groups in total. The largest absolute Gasteiger partial charge is 0.386 e. The average Bonchev–Trinajstić information content (AvgIpc) is 2.79. The van der Waals surface area contributed by atoms with Gasteiger partial charge in [-0.15, -0.1) is 0 Å². The maximum Gasteiger partial charge on any atom is 0.257 e. The van der Waals surface area contributed by atoms with E-state index >= 15 is 0 Å². The van der Waals surface area contributed by atoms with Crippen molar-refractivity contribution in [1.82, 2.24) is 15.1 Å². The first-order valence-electron chi connectivity index (χ1n) is 9.80. The number of carbonyl (C=O) groups is 3. The van der Waals surface area contributed by atoms with Crippen molar-refractivity contribution in [1.29, 1.82) is 5.41 Å². The molecule has 1 saturated heterocycles. The molecule has 1 aliphatic rings. The minimum atomic E-state index is -0.404. The van der Waals surface area contributed by atoms with Crippen molar-refractivity contribution in [3.63, 3.8) is 0 Å². The molecule has 1 aromatic carbocycles. The van der Waals surface area contributed by atoms with Crippen LogP contribution in [0.2, 0.25) is 0 Å². The molecule has 31 heavy (non-hydrogen) atoms. The summed E-state index contributed by atoms with van der Waals surface area (Å²) in [4.78, 5) is 39.2. The number of amides is 2. The Morgan fingerprint density at radius 3 is 2.81 bits per heavy atom. The van der Waals surface area contributed by atoms with Crippen molar-refractivity contribution in [2.75, 3.05) is 46.9 Å². The van der Waals surface area contributed by atoms with Crippen molar-refractivity contribution in [2.45, 2.75) is 6.42 Å². The SMILES string of the molecule is COCCN1CCC(=N)/C(=C\NC/C(=C/F)CN(C)C(=O)c2ccccc2C=O)C1=O. The van der Waals surface area contributed by atoms with E-state index in [1.54, 1.807) is 36.3 Å². The fraction of sp³-hybridized carbons (Fsp3) is 0.364. The highest BCUT2D eigenvalue weighted by Gasteiger charge is 2.26. The fourth-order valence-corrected chi connectivity index (χ4v) is 3.14. The van der Waals surface area contributed by atoms with Crippen LogP contribution in [0.25, 0.3) is 0 Å². The number of carbonyl (C=O) groups excluding carboxylic acids is 3. The van der Waals surface area contributed by atoms with E-state index in [1.165, 1.54) is 18.1 Å². The molecule has 1 aromatic rings. The van der Waals surface area contributed by atoms with Crippen LogP contribution in [-0.2, 0) is 9.53 Å². The van der Waals surface area contributed by atoms with E-state index < -0.39 is 5.91 Å². The third-order valence-corrected chi connectivity index (χ3v) is 4.87. The van der Waals surface area contributed by atoms with E-state index in [-0.39, 0.29) is 47.0 Å². The summed E-state index contributed by atoms with van der Waals surface area (Å²) in [5.41, 5.74) is 1.22. The first-order valence-corrected chi connectivity index (χ1v) is 9.80. The number of ether oxygens (including phenoxy) is 1. The maximum absolute atomic E-state index is 13.4. The number of methoxy groups -OCH3 is 1. The van der Waals surface area contributed by atoms with Gasteiger partial charge in [-0.25, -0.2) is 4.39 Å². The first-order chi connectivity index (χ1) is 14.9. The van der Waals surface area contributed by atoms with E-state index in [0.29, 0.717) is 38.7 Å². The molecule has 0 atom stereocenters. The number of likely N-dealkylation sites (N-methyl/N-ethyl adjacent to an activating group) is 1. The Balaban J connectivity index is 1.98. The van der Waals surface area contributed by atoms with Gasteiger partial charge < -0.3 is 25.3 Å². The summed E-state index contributed by atoms with van der Waals surface area (Å²) in [7, 11) is 3.07. The average molecular weight is 430 g/mol. The zero-order chi connectivity index (χ0) is 22.8. The Morgan fingerprint density at radius 1 is 1.39 bits per heavy atom. The molecule has 0 saturated carbocycles. The van der Waals surface area contributed by atoms with Crippen molar-refractivity contribution >= 4 is 23.8 Å². The number of nitrogens with zero attached hydrogens (tertiary/aromatic N) is 2. The molecule has 1 fully saturated rings. The van der Waals surface area contributed by atoms with Crippen molar-refractivity contribution < 1.29 is 23.5 Å². The lowest BCUT2D eigenvalue weighted by Gasteiger charge is -2.28. The van der Waals surface area contributed by atoms with Gasteiger partial charge >= 0.3 is 0 Å². The summed E-state index contributed by atoms with van der Waals surface area (Å²) in [6.07, 6.45) is 2.85. The maximum atomic E-state index is 13.4. The standard InChI is InChI=1S/C22H27FN4O4/c1-26(21(29)18-6-4-3-5-17(18)15-28)14-16(11-23)12-25-13-19-20(24)7-8-27(22(19)30)9-10-31-2/h3-6,11,13,15,24-25H,7-10,12,14H2,1-2H3/b16-11-,19-13+,24-20?. The highest BCUT2D eigenvalue weighted by molar-refractivity contribution is 6.21. The summed E-state index contributed by atoms with van der Waals surface area (Å²) in [6, 6.07) is 6.39. The lowest BCUT2D eigenvalue weighted by Crippen LogP contribution is -2.43. The van der Waals surface area contributed by atoms with Gasteiger partial charge in [0.25, 0.3) is 11.8 Å². The van der Waals surface area contributed by atoms with Gasteiger partial charge in [-0.05, 0) is 11.6 Å². The predicted octanol–water partition coefficient (Wildman–Crippen LogP) is 1.80. The van der Waals surface area contributed by atoms with Crippen LogP contribution in [0.1, 0.15) is 27.1 Å². The molecule has 1 aliphatic heterocycles. The second-order valence-electron chi connectivity index (χ2n) is 7.09. The highest BCUT2D eigenvalue weighted by Crippen LogP contribution is 2.14. The monoisotopic (exact) mass is 430 g/mol.